The number of hydrogen-bond acceptors (Lipinski definition) is 4. The predicted octanol–water partition coefficient (Wildman–Crippen LogP) is 3.92. The first-order chi connectivity index (χ1) is 14.5. The molecule has 2 aromatic heterocycles. The lowest BCUT2D eigenvalue weighted by atomic mass is 9.78. The van der Waals surface area contributed by atoms with Crippen molar-refractivity contribution >= 4 is 45.9 Å². The molecule has 30 heavy (non-hydrogen) atoms. The zero-order valence-corrected chi connectivity index (χ0v) is 17.5. The zero-order valence-electron chi connectivity index (χ0n) is 16.0. The van der Waals surface area contributed by atoms with E-state index < -0.39 is 0 Å². The largest absolute Gasteiger partial charge is 0.338 e. The molecule has 152 valence electrons. The highest BCUT2D eigenvalue weighted by Gasteiger charge is 2.50. The Bertz CT molecular complexity index is 1170. The van der Waals surface area contributed by atoms with Crippen molar-refractivity contribution in [3.05, 3.63) is 70.1 Å². The molecule has 0 saturated carbocycles. The molecule has 8 heteroatoms. The maximum Gasteiger partial charge on any atom is 0.257 e. The van der Waals surface area contributed by atoms with Crippen molar-refractivity contribution < 1.29 is 9.59 Å². The van der Waals surface area contributed by atoms with Crippen LogP contribution < -0.4 is 0 Å². The van der Waals surface area contributed by atoms with Gasteiger partial charge in [0.1, 0.15) is 10.3 Å². The Labute approximate surface area is 183 Å². The number of likely N-dealkylation sites (tertiary alicyclic amines) is 2. The molecule has 0 radical (unpaired) electrons. The van der Waals surface area contributed by atoms with E-state index in [2.05, 4.69) is 9.97 Å². The fourth-order valence-corrected chi connectivity index (χ4v) is 4.90. The lowest BCUT2D eigenvalue weighted by Crippen LogP contribution is -2.59. The van der Waals surface area contributed by atoms with Crippen LogP contribution in [0.1, 0.15) is 27.1 Å². The number of halogens is 2. The minimum Gasteiger partial charge on any atom is -0.338 e. The molecule has 0 atom stereocenters. The Morgan fingerprint density at radius 2 is 1.67 bits per heavy atom. The number of fused-ring (bicyclic) bond motifs is 1. The first-order valence-electron chi connectivity index (χ1n) is 9.70. The molecule has 0 unspecified atom stereocenters. The monoisotopic (exact) mass is 440 g/mol. The topological polar surface area (TPSA) is 66.4 Å². The van der Waals surface area contributed by atoms with Crippen LogP contribution >= 0.6 is 23.2 Å². The summed E-state index contributed by atoms with van der Waals surface area (Å²) in [6, 6.07) is 12.6. The number of rotatable bonds is 2. The molecule has 4 heterocycles. The van der Waals surface area contributed by atoms with Crippen LogP contribution in [0.4, 0.5) is 0 Å². The third-order valence-corrected chi connectivity index (χ3v) is 6.49. The van der Waals surface area contributed by atoms with Gasteiger partial charge in [0.15, 0.2) is 0 Å². The van der Waals surface area contributed by atoms with Gasteiger partial charge in [-0.3, -0.25) is 14.6 Å². The Balaban J connectivity index is 1.29. The molecule has 2 saturated heterocycles. The van der Waals surface area contributed by atoms with Crippen molar-refractivity contribution in [3.8, 4) is 0 Å². The molecule has 5 rings (SSSR count). The van der Waals surface area contributed by atoms with Gasteiger partial charge in [0.25, 0.3) is 11.8 Å². The fourth-order valence-electron chi connectivity index (χ4n) is 4.48. The maximum absolute atomic E-state index is 13.2. The predicted molar refractivity (Wildman–Crippen MR) is 115 cm³/mol. The van der Waals surface area contributed by atoms with Gasteiger partial charge in [0.2, 0.25) is 0 Å². The van der Waals surface area contributed by atoms with Crippen molar-refractivity contribution in [2.45, 2.75) is 6.42 Å². The molecule has 1 aromatic carbocycles. The Kier molecular flexibility index (Phi) is 4.64. The smallest absolute Gasteiger partial charge is 0.257 e. The summed E-state index contributed by atoms with van der Waals surface area (Å²) in [6.07, 6.45) is 2.60. The van der Waals surface area contributed by atoms with Gasteiger partial charge in [-0.05, 0) is 36.8 Å². The summed E-state index contributed by atoms with van der Waals surface area (Å²) in [5.74, 6) is -0.139. The normalized spacial score (nSPS) is 17.4. The molecule has 2 amide bonds. The van der Waals surface area contributed by atoms with Gasteiger partial charge in [0, 0.05) is 48.7 Å². The molecule has 2 aliphatic rings. The molecule has 0 aliphatic carbocycles. The van der Waals surface area contributed by atoms with Gasteiger partial charge in [-0.1, -0.05) is 35.3 Å². The van der Waals surface area contributed by atoms with Crippen molar-refractivity contribution in [2.75, 3.05) is 26.2 Å². The number of nitrogens with zero attached hydrogens (tertiary/aromatic N) is 4. The van der Waals surface area contributed by atoms with Crippen LogP contribution in [0.2, 0.25) is 10.3 Å². The number of benzene rings is 1. The van der Waals surface area contributed by atoms with E-state index in [0.717, 1.165) is 17.3 Å². The number of hydrogen-bond donors (Lipinski definition) is 0. The summed E-state index contributed by atoms with van der Waals surface area (Å²) in [7, 11) is 0. The van der Waals surface area contributed by atoms with E-state index in [1.807, 2.05) is 35.2 Å². The first kappa shape index (κ1) is 19.3. The molecule has 0 bridgehead atoms. The van der Waals surface area contributed by atoms with E-state index in [1.165, 1.54) is 0 Å². The third kappa shape index (κ3) is 3.20. The second kappa shape index (κ2) is 7.22. The molecule has 3 aromatic rings. The fraction of sp³-hybridized carbons (Fsp3) is 0.273. The minimum atomic E-state index is -0.153. The highest BCUT2D eigenvalue weighted by Crippen LogP contribution is 2.41. The molecule has 0 N–H and O–H groups in total. The van der Waals surface area contributed by atoms with E-state index in [4.69, 9.17) is 23.2 Å². The van der Waals surface area contributed by atoms with Crippen LogP contribution in [0.3, 0.4) is 0 Å². The Morgan fingerprint density at radius 1 is 0.900 bits per heavy atom. The van der Waals surface area contributed by atoms with Gasteiger partial charge < -0.3 is 9.80 Å². The molecule has 2 fully saturated rings. The maximum atomic E-state index is 13.2. The molecular formula is C22H18Cl2N4O2. The number of carbonyl (C=O) groups excluding carboxylic acids is 2. The summed E-state index contributed by atoms with van der Waals surface area (Å²) < 4.78 is 0. The van der Waals surface area contributed by atoms with Gasteiger partial charge >= 0.3 is 0 Å². The van der Waals surface area contributed by atoms with Crippen LogP contribution in [-0.2, 0) is 0 Å². The Morgan fingerprint density at radius 3 is 2.47 bits per heavy atom. The number of amides is 2. The SMILES string of the molecule is O=C(c1ccc(Cl)nc1Cl)N1CC2(CCN(C(=O)c3cccc4ncccc34)C2)C1. The van der Waals surface area contributed by atoms with E-state index in [1.54, 1.807) is 23.2 Å². The quantitative estimate of drug-likeness (QED) is 0.566. The second-order valence-corrected chi connectivity index (χ2v) is 8.73. The zero-order chi connectivity index (χ0) is 20.9. The summed E-state index contributed by atoms with van der Waals surface area (Å²) in [4.78, 5) is 37.9. The minimum absolute atomic E-state index is 0.0141. The number of pyridine rings is 2. The lowest BCUT2D eigenvalue weighted by Gasteiger charge is -2.48. The average molecular weight is 441 g/mol. The van der Waals surface area contributed by atoms with Gasteiger partial charge in [-0.2, -0.15) is 0 Å². The molecular weight excluding hydrogens is 423 g/mol. The molecule has 6 nitrogen and oxygen atoms in total. The average Bonchev–Trinajstić information content (AvgIpc) is 3.17. The summed E-state index contributed by atoms with van der Waals surface area (Å²) in [6.45, 7) is 2.52. The van der Waals surface area contributed by atoms with E-state index in [-0.39, 0.29) is 27.5 Å². The van der Waals surface area contributed by atoms with Crippen LogP contribution in [0.15, 0.2) is 48.7 Å². The molecule has 2 aliphatic heterocycles. The van der Waals surface area contributed by atoms with Crippen molar-refractivity contribution in [3.63, 3.8) is 0 Å². The second-order valence-electron chi connectivity index (χ2n) is 7.99. The van der Waals surface area contributed by atoms with E-state index >= 15 is 0 Å². The number of aromatic nitrogens is 2. The Hall–Kier alpha value is -2.70. The van der Waals surface area contributed by atoms with Crippen molar-refractivity contribution in [2.24, 2.45) is 5.41 Å². The third-order valence-electron chi connectivity index (χ3n) is 5.99. The highest BCUT2D eigenvalue weighted by atomic mass is 35.5. The highest BCUT2D eigenvalue weighted by molar-refractivity contribution is 6.34. The standard InChI is InChI=1S/C22H18Cl2N4O2/c23-18-7-6-16(19(24)26-18)21(30)28-12-22(13-28)8-10-27(11-22)20(29)15-3-1-5-17-14(15)4-2-9-25-17/h1-7,9H,8,10-13H2. The summed E-state index contributed by atoms with van der Waals surface area (Å²) in [5.41, 5.74) is 1.78. The van der Waals surface area contributed by atoms with Crippen LogP contribution in [0.25, 0.3) is 10.9 Å². The van der Waals surface area contributed by atoms with Crippen LogP contribution in [-0.4, -0.2) is 57.8 Å². The van der Waals surface area contributed by atoms with Gasteiger partial charge in [-0.15, -0.1) is 0 Å². The first-order valence-corrected chi connectivity index (χ1v) is 10.5. The lowest BCUT2D eigenvalue weighted by molar-refractivity contribution is 0.0110. The van der Waals surface area contributed by atoms with Crippen molar-refractivity contribution in [1.29, 1.82) is 0 Å². The van der Waals surface area contributed by atoms with Gasteiger partial charge in [0.05, 0.1) is 11.1 Å². The van der Waals surface area contributed by atoms with Crippen LogP contribution in [0, 0.1) is 5.41 Å². The van der Waals surface area contributed by atoms with E-state index in [0.29, 0.717) is 37.3 Å². The van der Waals surface area contributed by atoms with Gasteiger partial charge in [-0.25, -0.2) is 4.98 Å². The van der Waals surface area contributed by atoms with E-state index in [9.17, 15) is 9.59 Å². The summed E-state index contributed by atoms with van der Waals surface area (Å²) >= 11 is 11.9. The summed E-state index contributed by atoms with van der Waals surface area (Å²) in [5, 5.41) is 1.23. The molecule has 1 spiro atoms. The number of carbonyl (C=O) groups is 2. The van der Waals surface area contributed by atoms with Crippen molar-refractivity contribution in [1.82, 2.24) is 19.8 Å². The van der Waals surface area contributed by atoms with Crippen LogP contribution in [0.5, 0.6) is 0 Å².